The molecule has 0 bridgehead atoms. The van der Waals surface area contributed by atoms with Crippen LogP contribution < -0.4 is 5.73 Å². The maximum atomic E-state index is 13.0. The summed E-state index contributed by atoms with van der Waals surface area (Å²) in [5, 5.41) is 4.09. The summed E-state index contributed by atoms with van der Waals surface area (Å²) in [4.78, 5) is 2.25. The van der Waals surface area contributed by atoms with Crippen LogP contribution in [-0.4, -0.2) is 29.7 Å². The minimum absolute atomic E-state index is 0.262. The Bertz CT molecular complexity index is 771. The predicted octanol–water partition coefficient (Wildman–Crippen LogP) is 3.48. The van der Waals surface area contributed by atoms with Crippen LogP contribution in [0.2, 0.25) is 0 Å². The van der Waals surface area contributed by atoms with Gasteiger partial charge in [-0.2, -0.15) is 0 Å². The van der Waals surface area contributed by atoms with Gasteiger partial charge in [-0.25, -0.2) is 4.39 Å². The summed E-state index contributed by atoms with van der Waals surface area (Å²) >= 11 is 0. The zero-order chi connectivity index (χ0) is 17.5. The van der Waals surface area contributed by atoms with Crippen molar-refractivity contribution in [2.24, 2.45) is 5.73 Å². The maximum absolute atomic E-state index is 13.0. The van der Waals surface area contributed by atoms with Crippen molar-refractivity contribution in [1.82, 2.24) is 10.1 Å². The van der Waals surface area contributed by atoms with Crippen LogP contribution >= 0.6 is 0 Å². The van der Waals surface area contributed by atoms with E-state index < -0.39 is 0 Å². The number of rotatable bonds is 8. The Kier molecular flexibility index (Phi) is 5.93. The summed E-state index contributed by atoms with van der Waals surface area (Å²) < 4.78 is 18.5. The Morgan fingerprint density at radius 3 is 2.48 bits per heavy atom. The molecule has 5 heteroatoms. The molecule has 2 N–H and O–H groups in total. The highest BCUT2D eigenvalue weighted by molar-refractivity contribution is 5.58. The lowest BCUT2D eigenvalue weighted by Gasteiger charge is -2.19. The Balaban J connectivity index is 1.63. The van der Waals surface area contributed by atoms with Gasteiger partial charge in [0.1, 0.15) is 11.5 Å². The molecule has 0 aliphatic carbocycles. The molecule has 1 heterocycles. The minimum atomic E-state index is -0.262. The van der Waals surface area contributed by atoms with E-state index in [9.17, 15) is 4.39 Å². The molecular formula is C20H22FN3O. The van der Waals surface area contributed by atoms with Crippen molar-refractivity contribution in [3.05, 3.63) is 77.8 Å². The third-order valence-corrected chi connectivity index (χ3v) is 4.08. The van der Waals surface area contributed by atoms with E-state index in [4.69, 9.17) is 10.3 Å². The molecule has 3 aromatic rings. The van der Waals surface area contributed by atoms with Gasteiger partial charge in [-0.3, -0.25) is 4.90 Å². The lowest BCUT2D eigenvalue weighted by atomic mass is 10.1. The van der Waals surface area contributed by atoms with E-state index in [-0.39, 0.29) is 5.82 Å². The first kappa shape index (κ1) is 17.3. The summed E-state index contributed by atoms with van der Waals surface area (Å²) in [6.07, 6.45) is 0.958. The van der Waals surface area contributed by atoms with Crippen molar-refractivity contribution < 1.29 is 8.91 Å². The molecule has 4 nitrogen and oxygen atoms in total. The Labute approximate surface area is 147 Å². The van der Waals surface area contributed by atoms with Crippen molar-refractivity contribution in [2.45, 2.75) is 13.0 Å². The van der Waals surface area contributed by atoms with Gasteiger partial charge >= 0.3 is 0 Å². The second-order valence-electron chi connectivity index (χ2n) is 5.99. The molecule has 0 aliphatic heterocycles. The zero-order valence-electron chi connectivity index (χ0n) is 14.1. The second-order valence-corrected chi connectivity index (χ2v) is 5.99. The van der Waals surface area contributed by atoms with E-state index in [1.165, 1.54) is 17.7 Å². The number of nitrogens with zero attached hydrogens (tertiary/aromatic N) is 2. The van der Waals surface area contributed by atoms with E-state index >= 15 is 0 Å². The number of benzene rings is 2. The van der Waals surface area contributed by atoms with Crippen LogP contribution in [0, 0.1) is 5.82 Å². The number of nitrogens with two attached hydrogens (primary N) is 1. The van der Waals surface area contributed by atoms with E-state index in [1.807, 2.05) is 24.3 Å². The van der Waals surface area contributed by atoms with Gasteiger partial charge in [-0.1, -0.05) is 35.5 Å². The van der Waals surface area contributed by atoms with Gasteiger partial charge in [0, 0.05) is 31.3 Å². The summed E-state index contributed by atoms with van der Waals surface area (Å²) in [5.41, 5.74) is 8.59. The van der Waals surface area contributed by atoms with Gasteiger partial charge in [0.25, 0.3) is 0 Å². The average molecular weight is 339 g/mol. The zero-order valence-corrected chi connectivity index (χ0v) is 14.1. The van der Waals surface area contributed by atoms with Gasteiger partial charge in [-0.15, -0.1) is 0 Å². The molecule has 130 valence electrons. The molecule has 0 unspecified atom stereocenters. The van der Waals surface area contributed by atoms with Gasteiger partial charge in [0.2, 0.25) is 0 Å². The molecule has 0 atom stereocenters. The third kappa shape index (κ3) is 4.98. The van der Waals surface area contributed by atoms with Crippen LogP contribution in [0.4, 0.5) is 4.39 Å². The first-order chi connectivity index (χ1) is 12.2. The van der Waals surface area contributed by atoms with Gasteiger partial charge < -0.3 is 10.3 Å². The SMILES string of the molecule is NCCN(CCc1ccccc1)Cc1cc(-c2ccc(F)cc2)no1. The highest BCUT2D eigenvalue weighted by Gasteiger charge is 2.11. The normalized spacial score (nSPS) is 11.2. The summed E-state index contributed by atoms with van der Waals surface area (Å²) in [6.45, 7) is 2.93. The largest absolute Gasteiger partial charge is 0.359 e. The van der Waals surface area contributed by atoms with E-state index in [2.05, 4.69) is 22.2 Å². The summed E-state index contributed by atoms with van der Waals surface area (Å²) in [5.74, 6) is 0.517. The van der Waals surface area contributed by atoms with Crippen LogP contribution in [0.15, 0.2) is 65.2 Å². The minimum Gasteiger partial charge on any atom is -0.359 e. The molecule has 0 radical (unpaired) electrons. The Morgan fingerprint density at radius 2 is 1.76 bits per heavy atom. The molecule has 0 saturated heterocycles. The van der Waals surface area contributed by atoms with Crippen LogP contribution in [0.3, 0.4) is 0 Å². The Morgan fingerprint density at radius 1 is 1.00 bits per heavy atom. The van der Waals surface area contributed by atoms with Gasteiger partial charge in [0.05, 0.1) is 6.54 Å². The lowest BCUT2D eigenvalue weighted by molar-refractivity contribution is 0.239. The molecule has 2 aromatic carbocycles. The standard InChI is InChI=1S/C20H22FN3O/c21-18-8-6-17(7-9-18)20-14-19(25-23-20)15-24(13-11-22)12-10-16-4-2-1-3-5-16/h1-9,14H,10-13,15,22H2. The van der Waals surface area contributed by atoms with Crippen LogP contribution in [0.25, 0.3) is 11.3 Å². The van der Waals surface area contributed by atoms with E-state index in [1.54, 1.807) is 12.1 Å². The van der Waals surface area contributed by atoms with Crippen molar-refractivity contribution >= 4 is 0 Å². The molecule has 3 rings (SSSR count). The fourth-order valence-electron chi connectivity index (χ4n) is 2.75. The molecule has 0 aliphatic rings. The number of aromatic nitrogens is 1. The van der Waals surface area contributed by atoms with Crippen molar-refractivity contribution in [1.29, 1.82) is 0 Å². The average Bonchev–Trinajstić information content (AvgIpc) is 3.10. The molecule has 25 heavy (non-hydrogen) atoms. The smallest absolute Gasteiger partial charge is 0.151 e. The van der Waals surface area contributed by atoms with Crippen LogP contribution in [0.1, 0.15) is 11.3 Å². The molecule has 0 fully saturated rings. The van der Waals surface area contributed by atoms with Crippen molar-refractivity contribution in [3.8, 4) is 11.3 Å². The lowest BCUT2D eigenvalue weighted by Crippen LogP contribution is -2.30. The van der Waals surface area contributed by atoms with Gasteiger partial charge in [-0.05, 0) is 36.2 Å². The van der Waals surface area contributed by atoms with Crippen molar-refractivity contribution in [3.63, 3.8) is 0 Å². The van der Waals surface area contributed by atoms with E-state index in [0.29, 0.717) is 18.8 Å². The van der Waals surface area contributed by atoms with Crippen molar-refractivity contribution in [2.75, 3.05) is 19.6 Å². The summed E-state index contributed by atoms with van der Waals surface area (Å²) in [6, 6.07) is 18.5. The summed E-state index contributed by atoms with van der Waals surface area (Å²) in [7, 11) is 0. The van der Waals surface area contributed by atoms with Crippen LogP contribution in [-0.2, 0) is 13.0 Å². The molecular weight excluding hydrogens is 317 g/mol. The highest BCUT2D eigenvalue weighted by Crippen LogP contribution is 2.20. The topological polar surface area (TPSA) is 55.3 Å². The van der Waals surface area contributed by atoms with E-state index in [0.717, 1.165) is 30.8 Å². The monoisotopic (exact) mass is 339 g/mol. The van der Waals surface area contributed by atoms with Crippen LogP contribution in [0.5, 0.6) is 0 Å². The second kappa shape index (κ2) is 8.55. The number of halogens is 1. The fraction of sp³-hybridized carbons (Fsp3) is 0.250. The maximum Gasteiger partial charge on any atom is 0.151 e. The molecule has 0 saturated carbocycles. The fourth-order valence-corrected chi connectivity index (χ4v) is 2.75. The first-order valence-corrected chi connectivity index (χ1v) is 8.42. The molecule has 0 amide bonds. The quantitative estimate of drug-likeness (QED) is 0.683. The van der Waals surface area contributed by atoms with Gasteiger partial charge in [0.15, 0.2) is 5.76 Å². The molecule has 0 spiro atoms. The predicted molar refractivity (Wildman–Crippen MR) is 96.4 cm³/mol. The molecule has 1 aromatic heterocycles. The highest BCUT2D eigenvalue weighted by atomic mass is 19.1. The Hall–Kier alpha value is -2.50. The number of hydrogen-bond acceptors (Lipinski definition) is 4. The number of hydrogen-bond donors (Lipinski definition) is 1. The first-order valence-electron chi connectivity index (χ1n) is 8.42. The third-order valence-electron chi connectivity index (χ3n) is 4.08.